The Hall–Kier alpha value is -1.03. The van der Waals surface area contributed by atoms with Gasteiger partial charge in [-0.2, -0.15) is 5.10 Å². The molecule has 4 nitrogen and oxygen atoms in total. The van der Waals surface area contributed by atoms with Gasteiger partial charge in [-0.25, -0.2) is 0 Å². The number of nitrogens with one attached hydrogen (secondary N) is 1. The summed E-state index contributed by atoms with van der Waals surface area (Å²) in [6, 6.07) is 0.671. The van der Waals surface area contributed by atoms with Gasteiger partial charge in [0, 0.05) is 13.1 Å². The van der Waals surface area contributed by atoms with Gasteiger partial charge in [-0.15, -0.1) is 0 Å². The van der Waals surface area contributed by atoms with E-state index in [1.807, 2.05) is 11.7 Å². The fraction of sp³-hybridized carbons (Fsp3) is 0.750. The van der Waals surface area contributed by atoms with Crippen molar-refractivity contribution in [2.45, 2.75) is 32.2 Å². The fourth-order valence-corrected chi connectivity index (χ4v) is 2.35. The van der Waals surface area contributed by atoms with E-state index < -0.39 is 0 Å². The van der Waals surface area contributed by atoms with Crippen LogP contribution in [0.3, 0.4) is 0 Å². The van der Waals surface area contributed by atoms with Crippen molar-refractivity contribution in [3.05, 3.63) is 11.9 Å². The molecule has 0 amide bonds. The summed E-state index contributed by atoms with van der Waals surface area (Å²) in [5, 5.41) is 7.77. The van der Waals surface area contributed by atoms with Gasteiger partial charge in [-0.3, -0.25) is 4.68 Å². The Balaban J connectivity index is 2.00. The molecule has 1 aliphatic heterocycles. The minimum atomic E-state index is 0.671. The molecular formula is C12H21N3O. The lowest BCUT2D eigenvalue weighted by molar-refractivity contribution is 0.313. The molecule has 1 aromatic heterocycles. The minimum absolute atomic E-state index is 0.671. The Kier molecular flexibility index (Phi) is 3.49. The number of nitrogens with zero attached hydrogens (tertiary/aromatic N) is 2. The van der Waals surface area contributed by atoms with Crippen molar-refractivity contribution in [3.8, 4) is 5.75 Å². The molecule has 16 heavy (non-hydrogen) atoms. The molecular weight excluding hydrogens is 202 g/mol. The van der Waals surface area contributed by atoms with Gasteiger partial charge < -0.3 is 10.1 Å². The zero-order valence-electron chi connectivity index (χ0n) is 10.4. The maximum Gasteiger partial charge on any atom is 0.159 e. The second-order valence-electron chi connectivity index (χ2n) is 4.74. The maximum atomic E-state index is 5.33. The molecule has 0 radical (unpaired) electrons. The van der Waals surface area contributed by atoms with E-state index in [4.69, 9.17) is 4.74 Å². The highest BCUT2D eigenvalue weighted by Crippen LogP contribution is 2.24. The van der Waals surface area contributed by atoms with Crippen molar-refractivity contribution in [1.82, 2.24) is 15.1 Å². The van der Waals surface area contributed by atoms with Gasteiger partial charge in [0.05, 0.1) is 19.0 Å². The van der Waals surface area contributed by atoms with Gasteiger partial charge in [-0.05, 0) is 38.6 Å². The van der Waals surface area contributed by atoms with Gasteiger partial charge in [0.25, 0.3) is 0 Å². The van der Waals surface area contributed by atoms with Gasteiger partial charge in [0.2, 0.25) is 0 Å². The molecule has 1 saturated heterocycles. The lowest BCUT2D eigenvalue weighted by Crippen LogP contribution is -2.37. The number of aromatic nitrogens is 2. The molecule has 2 atom stereocenters. The first kappa shape index (κ1) is 11.5. The van der Waals surface area contributed by atoms with E-state index in [9.17, 15) is 0 Å². The summed E-state index contributed by atoms with van der Waals surface area (Å²) in [4.78, 5) is 0. The number of ether oxygens (including phenoxy) is 1. The fourth-order valence-electron chi connectivity index (χ4n) is 2.35. The van der Waals surface area contributed by atoms with E-state index in [2.05, 4.69) is 17.3 Å². The molecule has 90 valence electrons. The molecule has 1 N–H and O–H groups in total. The molecule has 1 aliphatic rings. The third-order valence-corrected chi connectivity index (χ3v) is 3.49. The first-order valence-corrected chi connectivity index (χ1v) is 5.99. The normalized spacial score (nSPS) is 25.7. The summed E-state index contributed by atoms with van der Waals surface area (Å²) in [7, 11) is 3.69. The van der Waals surface area contributed by atoms with Crippen LogP contribution in [0.2, 0.25) is 0 Å². The van der Waals surface area contributed by atoms with Crippen molar-refractivity contribution in [2.24, 2.45) is 13.0 Å². The molecule has 1 aromatic rings. The van der Waals surface area contributed by atoms with Crippen molar-refractivity contribution in [1.29, 1.82) is 0 Å². The lowest BCUT2D eigenvalue weighted by atomic mass is 9.91. The van der Waals surface area contributed by atoms with Crippen molar-refractivity contribution >= 4 is 0 Å². The van der Waals surface area contributed by atoms with E-state index in [0.29, 0.717) is 12.0 Å². The molecule has 1 fully saturated rings. The Morgan fingerprint density at radius 3 is 3.00 bits per heavy atom. The summed E-state index contributed by atoms with van der Waals surface area (Å²) < 4.78 is 7.25. The van der Waals surface area contributed by atoms with Crippen molar-refractivity contribution < 1.29 is 4.74 Å². The SMILES string of the molecule is COc1cnn(C)c1CC1CCC(C)NC1. The third-order valence-electron chi connectivity index (χ3n) is 3.49. The number of rotatable bonds is 3. The van der Waals surface area contributed by atoms with E-state index >= 15 is 0 Å². The quantitative estimate of drug-likeness (QED) is 0.841. The Labute approximate surface area is 97.0 Å². The summed E-state index contributed by atoms with van der Waals surface area (Å²) in [6.07, 6.45) is 5.42. The summed E-state index contributed by atoms with van der Waals surface area (Å²) in [5.74, 6) is 1.63. The predicted octanol–water partition coefficient (Wildman–Crippen LogP) is 1.36. The van der Waals surface area contributed by atoms with E-state index in [1.165, 1.54) is 18.5 Å². The zero-order valence-corrected chi connectivity index (χ0v) is 10.4. The second kappa shape index (κ2) is 4.87. The van der Waals surface area contributed by atoms with Crippen molar-refractivity contribution in [2.75, 3.05) is 13.7 Å². The van der Waals surface area contributed by atoms with Gasteiger partial charge in [0.15, 0.2) is 5.75 Å². The molecule has 2 heterocycles. The van der Waals surface area contributed by atoms with Crippen LogP contribution < -0.4 is 10.1 Å². The van der Waals surface area contributed by atoms with Gasteiger partial charge >= 0.3 is 0 Å². The Morgan fingerprint density at radius 2 is 2.38 bits per heavy atom. The smallest absolute Gasteiger partial charge is 0.159 e. The average molecular weight is 223 g/mol. The number of hydrogen-bond donors (Lipinski definition) is 1. The zero-order chi connectivity index (χ0) is 11.5. The maximum absolute atomic E-state index is 5.33. The van der Waals surface area contributed by atoms with Crippen LogP contribution in [0.5, 0.6) is 5.75 Å². The lowest BCUT2D eigenvalue weighted by Gasteiger charge is -2.27. The van der Waals surface area contributed by atoms with Crippen LogP contribution in [0.4, 0.5) is 0 Å². The number of methoxy groups -OCH3 is 1. The van der Waals surface area contributed by atoms with Crippen LogP contribution >= 0.6 is 0 Å². The molecule has 0 spiro atoms. The molecule has 0 bridgehead atoms. The van der Waals surface area contributed by atoms with Gasteiger partial charge in [-0.1, -0.05) is 0 Å². The standard InChI is InChI=1S/C12H21N3O/c1-9-4-5-10(7-13-9)6-11-12(16-3)8-14-15(11)2/h8-10,13H,4-7H2,1-3H3. The van der Waals surface area contributed by atoms with Crippen LogP contribution in [0.25, 0.3) is 0 Å². The average Bonchev–Trinajstić information content (AvgIpc) is 2.63. The number of aryl methyl sites for hydroxylation is 1. The molecule has 4 heteroatoms. The molecule has 2 unspecified atom stereocenters. The van der Waals surface area contributed by atoms with Crippen LogP contribution in [0.1, 0.15) is 25.5 Å². The number of piperidine rings is 1. The second-order valence-corrected chi connectivity index (χ2v) is 4.74. The van der Waals surface area contributed by atoms with Gasteiger partial charge in [0.1, 0.15) is 0 Å². The molecule has 0 saturated carbocycles. The largest absolute Gasteiger partial charge is 0.493 e. The summed E-state index contributed by atoms with van der Waals surface area (Å²) >= 11 is 0. The van der Waals surface area contributed by atoms with Crippen LogP contribution in [-0.2, 0) is 13.5 Å². The van der Waals surface area contributed by atoms with E-state index in [0.717, 1.165) is 18.7 Å². The molecule has 0 aromatic carbocycles. The summed E-state index contributed by atoms with van der Waals surface area (Å²) in [6.45, 7) is 3.36. The monoisotopic (exact) mass is 223 g/mol. The first-order valence-electron chi connectivity index (χ1n) is 5.99. The predicted molar refractivity (Wildman–Crippen MR) is 63.7 cm³/mol. The van der Waals surface area contributed by atoms with Crippen LogP contribution in [-0.4, -0.2) is 29.5 Å². The van der Waals surface area contributed by atoms with Crippen LogP contribution in [0, 0.1) is 5.92 Å². The Bertz CT molecular complexity index is 340. The Morgan fingerprint density at radius 1 is 1.56 bits per heavy atom. The highest BCUT2D eigenvalue weighted by atomic mass is 16.5. The highest BCUT2D eigenvalue weighted by Gasteiger charge is 2.20. The number of hydrogen-bond acceptors (Lipinski definition) is 3. The minimum Gasteiger partial charge on any atom is -0.493 e. The topological polar surface area (TPSA) is 39.1 Å². The molecule has 2 rings (SSSR count). The van der Waals surface area contributed by atoms with Crippen molar-refractivity contribution in [3.63, 3.8) is 0 Å². The highest BCUT2D eigenvalue weighted by molar-refractivity contribution is 5.25. The summed E-state index contributed by atoms with van der Waals surface area (Å²) in [5.41, 5.74) is 1.21. The third kappa shape index (κ3) is 2.38. The first-order chi connectivity index (χ1) is 7.70. The molecule has 0 aliphatic carbocycles. The van der Waals surface area contributed by atoms with E-state index in [1.54, 1.807) is 13.3 Å². The van der Waals surface area contributed by atoms with E-state index in [-0.39, 0.29) is 0 Å². The van der Waals surface area contributed by atoms with Crippen LogP contribution in [0.15, 0.2) is 6.20 Å².